The number of hydrogen-bond acceptors (Lipinski definition) is 4. The summed E-state index contributed by atoms with van der Waals surface area (Å²) in [5, 5.41) is 3.46. The Morgan fingerprint density at radius 2 is 1.02 bits per heavy atom. The lowest BCUT2D eigenvalue weighted by Gasteiger charge is -2.09. The Balaban J connectivity index is 1.19. The second-order valence-corrected chi connectivity index (χ2v) is 11.2. The summed E-state index contributed by atoms with van der Waals surface area (Å²) in [6.45, 7) is 0. The van der Waals surface area contributed by atoms with Crippen molar-refractivity contribution in [1.29, 1.82) is 0 Å². The largest absolute Gasteiger partial charge is 0.294 e. The molecule has 5 aromatic carbocycles. The third-order valence-electron chi connectivity index (χ3n) is 8.49. The zero-order chi connectivity index (χ0) is 30.5. The average Bonchev–Trinajstić information content (AvgIpc) is 3.69. The van der Waals surface area contributed by atoms with Crippen LogP contribution < -0.4 is 0 Å². The van der Waals surface area contributed by atoms with E-state index in [1.807, 2.05) is 72.9 Å². The lowest BCUT2D eigenvalue weighted by atomic mass is 10.0. The van der Waals surface area contributed by atoms with Crippen LogP contribution in [0.15, 0.2) is 158 Å². The average molecular weight is 591 g/mol. The maximum atomic E-state index is 4.99. The van der Waals surface area contributed by atoms with E-state index >= 15 is 0 Å². The Bertz CT molecular complexity index is 2400. The maximum Gasteiger partial charge on any atom is 0.238 e. The number of aromatic nitrogens is 6. The third kappa shape index (κ3) is 4.27. The van der Waals surface area contributed by atoms with Gasteiger partial charge in [-0.2, -0.15) is 9.97 Å². The van der Waals surface area contributed by atoms with E-state index in [0.717, 1.165) is 55.4 Å². The topological polar surface area (TPSA) is 61.4 Å². The molecule has 0 aliphatic carbocycles. The molecule has 9 aromatic rings. The van der Waals surface area contributed by atoms with Crippen LogP contribution in [0.25, 0.3) is 78.4 Å². The Morgan fingerprint density at radius 3 is 1.72 bits per heavy atom. The summed E-state index contributed by atoms with van der Waals surface area (Å²) >= 11 is 0. The summed E-state index contributed by atoms with van der Waals surface area (Å²) in [7, 11) is 0. The van der Waals surface area contributed by atoms with Crippen LogP contribution in [0, 0.1) is 0 Å². The van der Waals surface area contributed by atoms with Gasteiger partial charge in [-0.1, -0.05) is 109 Å². The monoisotopic (exact) mass is 590 g/mol. The molecule has 6 heteroatoms. The quantitative estimate of drug-likeness (QED) is 0.200. The molecule has 0 aliphatic heterocycles. The zero-order valence-corrected chi connectivity index (χ0v) is 24.7. The molecule has 0 saturated carbocycles. The summed E-state index contributed by atoms with van der Waals surface area (Å²) in [5.41, 5.74) is 8.27. The van der Waals surface area contributed by atoms with Crippen LogP contribution in [0.5, 0.6) is 0 Å². The molecule has 4 aromatic heterocycles. The fourth-order valence-electron chi connectivity index (χ4n) is 6.33. The van der Waals surface area contributed by atoms with E-state index in [-0.39, 0.29) is 0 Å². The van der Waals surface area contributed by atoms with Crippen molar-refractivity contribution in [2.45, 2.75) is 0 Å². The molecule has 6 nitrogen and oxygen atoms in total. The fraction of sp³-hybridized carbons (Fsp3) is 0. The van der Waals surface area contributed by atoms with E-state index in [4.69, 9.17) is 19.9 Å². The second kappa shape index (κ2) is 10.6. The van der Waals surface area contributed by atoms with Gasteiger partial charge in [0.1, 0.15) is 5.65 Å². The van der Waals surface area contributed by atoms with Crippen LogP contribution >= 0.6 is 0 Å². The first-order chi connectivity index (χ1) is 22.8. The van der Waals surface area contributed by atoms with Crippen LogP contribution in [0.3, 0.4) is 0 Å². The molecule has 0 atom stereocenters. The van der Waals surface area contributed by atoms with Crippen LogP contribution in [-0.4, -0.2) is 29.1 Å². The minimum atomic E-state index is 0.572. The van der Waals surface area contributed by atoms with Crippen molar-refractivity contribution >= 4 is 32.8 Å². The standard InChI is InChI=1S/C40H26N6/c1-3-12-28(13-4-1)37-42-38(29-14-5-2-6-15-29)44-40(43-37)45-26-34(32-17-7-9-19-35(32)45)27-21-23-30(24-22-27)46-36-20-10-8-16-31(36)33-18-11-25-41-39(33)46/h1-26H. The van der Waals surface area contributed by atoms with Gasteiger partial charge in [-0.15, -0.1) is 0 Å². The van der Waals surface area contributed by atoms with Crippen molar-refractivity contribution in [3.05, 3.63) is 158 Å². The summed E-state index contributed by atoms with van der Waals surface area (Å²) in [6, 6.07) is 49.8. The van der Waals surface area contributed by atoms with Crippen LogP contribution in [0.2, 0.25) is 0 Å². The van der Waals surface area contributed by atoms with Gasteiger partial charge in [0.2, 0.25) is 5.95 Å². The number of pyridine rings is 1. The number of hydrogen-bond donors (Lipinski definition) is 0. The van der Waals surface area contributed by atoms with Crippen molar-refractivity contribution < 1.29 is 0 Å². The molecule has 0 fully saturated rings. The first-order valence-electron chi connectivity index (χ1n) is 15.2. The minimum Gasteiger partial charge on any atom is -0.294 e. The predicted octanol–water partition coefficient (Wildman–Crippen LogP) is 9.31. The molecule has 0 amide bonds. The first kappa shape index (κ1) is 26.0. The molecule has 0 radical (unpaired) electrons. The van der Waals surface area contributed by atoms with Gasteiger partial charge in [0.25, 0.3) is 0 Å². The van der Waals surface area contributed by atoms with Gasteiger partial charge in [-0.05, 0) is 42.0 Å². The molecule has 216 valence electrons. The van der Waals surface area contributed by atoms with Crippen molar-refractivity contribution in [2.24, 2.45) is 0 Å². The van der Waals surface area contributed by atoms with E-state index in [2.05, 4.69) is 94.2 Å². The fourth-order valence-corrected chi connectivity index (χ4v) is 6.33. The normalized spacial score (nSPS) is 11.5. The van der Waals surface area contributed by atoms with Gasteiger partial charge < -0.3 is 0 Å². The Hall–Kier alpha value is -6.40. The van der Waals surface area contributed by atoms with Gasteiger partial charge in [0.05, 0.1) is 11.0 Å². The van der Waals surface area contributed by atoms with E-state index in [0.29, 0.717) is 17.6 Å². The number of benzene rings is 5. The number of rotatable bonds is 5. The van der Waals surface area contributed by atoms with E-state index in [9.17, 15) is 0 Å². The van der Waals surface area contributed by atoms with Crippen molar-refractivity contribution in [3.63, 3.8) is 0 Å². The molecule has 4 heterocycles. The van der Waals surface area contributed by atoms with Gasteiger partial charge >= 0.3 is 0 Å². The molecule has 0 aliphatic rings. The van der Waals surface area contributed by atoms with Gasteiger partial charge in [0, 0.05) is 50.9 Å². The minimum absolute atomic E-state index is 0.572. The predicted molar refractivity (Wildman–Crippen MR) is 185 cm³/mol. The van der Waals surface area contributed by atoms with Crippen LogP contribution in [0.1, 0.15) is 0 Å². The molecular weight excluding hydrogens is 564 g/mol. The van der Waals surface area contributed by atoms with Crippen molar-refractivity contribution in [3.8, 4) is 45.5 Å². The Kier molecular flexibility index (Phi) is 6.03. The highest BCUT2D eigenvalue weighted by molar-refractivity contribution is 6.07. The summed E-state index contributed by atoms with van der Waals surface area (Å²) in [5.74, 6) is 1.84. The molecule has 0 spiro atoms. The third-order valence-corrected chi connectivity index (χ3v) is 8.49. The Labute approximate surface area is 264 Å². The summed E-state index contributed by atoms with van der Waals surface area (Å²) < 4.78 is 4.31. The first-order valence-corrected chi connectivity index (χ1v) is 15.2. The molecule has 46 heavy (non-hydrogen) atoms. The molecule has 0 bridgehead atoms. The lowest BCUT2D eigenvalue weighted by Crippen LogP contribution is -2.05. The molecule has 9 rings (SSSR count). The van der Waals surface area contributed by atoms with Gasteiger partial charge in [-0.3, -0.25) is 9.13 Å². The highest BCUT2D eigenvalue weighted by atomic mass is 15.2. The lowest BCUT2D eigenvalue weighted by molar-refractivity contribution is 0.934. The summed E-state index contributed by atoms with van der Waals surface area (Å²) in [4.78, 5) is 19.6. The van der Waals surface area contributed by atoms with Crippen LogP contribution in [-0.2, 0) is 0 Å². The van der Waals surface area contributed by atoms with E-state index in [1.165, 1.54) is 5.39 Å². The van der Waals surface area contributed by atoms with E-state index in [1.54, 1.807) is 0 Å². The SMILES string of the molecule is c1ccc(-c2nc(-c3ccccc3)nc(-n3cc(-c4ccc(-n5c6ccccc6c6cccnc65)cc4)c4ccccc43)n2)cc1. The maximum absolute atomic E-state index is 4.99. The van der Waals surface area contributed by atoms with E-state index < -0.39 is 0 Å². The van der Waals surface area contributed by atoms with Crippen molar-refractivity contribution in [1.82, 2.24) is 29.1 Å². The molecular formula is C40H26N6. The van der Waals surface area contributed by atoms with Gasteiger partial charge in [0.15, 0.2) is 11.6 Å². The molecule has 0 N–H and O–H groups in total. The smallest absolute Gasteiger partial charge is 0.238 e. The van der Waals surface area contributed by atoms with Gasteiger partial charge in [-0.25, -0.2) is 9.97 Å². The van der Waals surface area contributed by atoms with Crippen LogP contribution in [0.4, 0.5) is 0 Å². The highest BCUT2D eigenvalue weighted by Crippen LogP contribution is 2.35. The molecule has 0 saturated heterocycles. The number of fused-ring (bicyclic) bond motifs is 4. The number of para-hydroxylation sites is 2. The zero-order valence-electron chi connectivity index (χ0n) is 24.7. The van der Waals surface area contributed by atoms with Crippen molar-refractivity contribution in [2.75, 3.05) is 0 Å². The molecule has 0 unspecified atom stereocenters. The Morgan fingerprint density at radius 1 is 0.435 bits per heavy atom. The summed E-state index contributed by atoms with van der Waals surface area (Å²) in [6.07, 6.45) is 4.00. The second-order valence-electron chi connectivity index (χ2n) is 11.2. The highest BCUT2D eigenvalue weighted by Gasteiger charge is 2.18. The number of nitrogens with zero attached hydrogens (tertiary/aromatic N) is 6.